The van der Waals surface area contributed by atoms with Crippen molar-refractivity contribution in [2.75, 3.05) is 0 Å². The minimum Gasteiger partial charge on any atom is -0.439 e. The van der Waals surface area contributed by atoms with E-state index in [0.717, 1.165) is 22.3 Å². The highest BCUT2D eigenvalue weighted by molar-refractivity contribution is 5.42. The lowest BCUT2D eigenvalue weighted by atomic mass is 9.77. The van der Waals surface area contributed by atoms with Gasteiger partial charge < -0.3 is 10.2 Å². The minimum atomic E-state index is -0.617. The minimum absolute atomic E-state index is 0.00250. The van der Waals surface area contributed by atoms with Crippen molar-refractivity contribution >= 4 is 0 Å². The highest BCUT2D eigenvalue weighted by Crippen LogP contribution is 2.52. The van der Waals surface area contributed by atoms with Gasteiger partial charge in [-0.05, 0) is 16.7 Å². The van der Waals surface area contributed by atoms with E-state index < -0.39 is 12.2 Å². The van der Waals surface area contributed by atoms with Gasteiger partial charge in [-0.15, -0.1) is 0 Å². The molecule has 0 aromatic heterocycles. The molecule has 1 aliphatic carbocycles. The molecule has 0 aliphatic heterocycles. The third kappa shape index (κ3) is 2.44. The van der Waals surface area contributed by atoms with Gasteiger partial charge >= 0.3 is 0 Å². The average Bonchev–Trinajstić information content (AvgIpc) is 2.90. The van der Waals surface area contributed by atoms with Gasteiger partial charge in [-0.3, -0.25) is 0 Å². The molecular formula is C22H21O2+. The van der Waals surface area contributed by atoms with Crippen LogP contribution in [0, 0.1) is 5.92 Å². The maximum atomic E-state index is 11.0. The van der Waals surface area contributed by atoms with E-state index in [0.29, 0.717) is 0 Å². The van der Waals surface area contributed by atoms with Crippen LogP contribution in [0.2, 0.25) is 0 Å². The van der Waals surface area contributed by atoms with Crippen molar-refractivity contribution in [3.63, 3.8) is 0 Å². The second-order valence-corrected chi connectivity index (χ2v) is 6.43. The second-order valence-electron chi connectivity index (χ2n) is 6.43. The highest BCUT2D eigenvalue weighted by Gasteiger charge is 2.47. The third-order valence-electron chi connectivity index (χ3n) is 5.10. The van der Waals surface area contributed by atoms with Crippen LogP contribution in [-0.4, -0.2) is 10.2 Å². The first-order valence-electron chi connectivity index (χ1n) is 8.35. The van der Waals surface area contributed by atoms with Crippen LogP contribution in [0.4, 0.5) is 0 Å². The molecule has 2 nitrogen and oxygen atoms in total. The molecule has 1 aliphatic rings. The normalized spacial score (nSPS) is 22.5. The SMILES string of the molecule is OC1c2ccccc2C([OH2+])[C@@H]1C(c1ccccc1)c1ccccc1. The van der Waals surface area contributed by atoms with Gasteiger partial charge in [0.1, 0.15) is 0 Å². The number of hydrogen-bond donors (Lipinski definition) is 1. The summed E-state index contributed by atoms with van der Waals surface area (Å²) in [5, 5.41) is 19.8. The van der Waals surface area contributed by atoms with Crippen LogP contribution in [-0.2, 0) is 0 Å². The molecule has 0 amide bonds. The fraction of sp³-hybridized carbons (Fsp3) is 0.182. The van der Waals surface area contributed by atoms with E-state index in [2.05, 4.69) is 24.3 Å². The molecule has 3 aromatic rings. The Morgan fingerprint density at radius 3 is 1.62 bits per heavy atom. The molecule has 120 valence electrons. The molecule has 0 saturated carbocycles. The molecule has 0 saturated heterocycles. The third-order valence-corrected chi connectivity index (χ3v) is 5.10. The Balaban J connectivity index is 1.84. The lowest BCUT2D eigenvalue weighted by molar-refractivity contribution is 0.0256. The lowest BCUT2D eigenvalue weighted by Crippen LogP contribution is -2.22. The zero-order valence-corrected chi connectivity index (χ0v) is 13.3. The van der Waals surface area contributed by atoms with Gasteiger partial charge in [-0.25, -0.2) is 0 Å². The van der Waals surface area contributed by atoms with Crippen LogP contribution in [0.15, 0.2) is 84.9 Å². The van der Waals surface area contributed by atoms with Crippen molar-refractivity contribution in [1.29, 1.82) is 0 Å². The molecule has 3 N–H and O–H groups in total. The first-order chi connectivity index (χ1) is 11.8. The van der Waals surface area contributed by atoms with Crippen molar-refractivity contribution in [3.8, 4) is 0 Å². The Bertz CT molecular complexity index is 745. The van der Waals surface area contributed by atoms with Crippen molar-refractivity contribution in [3.05, 3.63) is 107 Å². The van der Waals surface area contributed by atoms with Gasteiger partial charge in [0, 0.05) is 11.5 Å². The summed E-state index contributed by atoms with van der Waals surface area (Å²) >= 11 is 0. The Kier molecular flexibility index (Phi) is 3.93. The number of rotatable bonds is 3. The van der Waals surface area contributed by atoms with E-state index >= 15 is 0 Å². The Labute approximate surface area is 142 Å². The summed E-state index contributed by atoms with van der Waals surface area (Å²) in [6.45, 7) is 0. The summed E-state index contributed by atoms with van der Waals surface area (Å²) in [6, 6.07) is 28.3. The Hall–Kier alpha value is -2.42. The predicted molar refractivity (Wildman–Crippen MR) is 96.0 cm³/mol. The number of benzene rings is 3. The molecule has 0 radical (unpaired) electrons. The first-order valence-corrected chi connectivity index (χ1v) is 8.35. The summed E-state index contributed by atoms with van der Waals surface area (Å²) in [6.07, 6.45) is -1.05. The van der Waals surface area contributed by atoms with Crippen LogP contribution in [0.1, 0.15) is 40.4 Å². The van der Waals surface area contributed by atoms with Crippen LogP contribution < -0.4 is 0 Å². The van der Waals surface area contributed by atoms with Crippen molar-refractivity contribution in [2.45, 2.75) is 18.1 Å². The van der Waals surface area contributed by atoms with E-state index in [1.54, 1.807) is 0 Å². The monoisotopic (exact) mass is 317 g/mol. The standard InChI is InChI=1S/C22H20O2/c23-21-17-13-7-8-14-18(17)22(24)20(21)19(15-9-3-1-4-10-15)16-11-5-2-6-12-16/h1-14,19-24H/p+1. The predicted octanol–water partition coefficient (Wildman–Crippen LogP) is 3.95. The number of aliphatic hydroxyl groups is 1. The zero-order chi connectivity index (χ0) is 16.5. The molecule has 2 unspecified atom stereocenters. The van der Waals surface area contributed by atoms with Gasteiger partial charge in [0.25, 0.3) is 0 Å². The summed E-state index contributed by atoms with van der Waals surface area (Å²) in [7, 11) is 0. The topological polar surface area (TPSA) is 43.1 Å². The summed E-state index contributed by atoms with van der Waals surface area (Å²) in [5.41, 5.74) is 4.15. The zero-order valence-electron chi connectivity index (χ0n) is 13.3. The quantitative estimate of drug-likeness (QED) is 0.730. The van der Waals surface area contributed by atoms with Gasteiger partial charge in [0.2, 0.25) is 0 Å². The summed E-state index contributed by atoms with van der Waals surface area (Å²) in [5.74, 6) is -0.190. The molecule has 4 rings (SSSR count). The molecule has 3 atom stereocenters. The maximum Gasteiger partial charge on any atom is 0.186 e. The molecule has 0 heterocycles. The maximum absolute atomic E-state index is 11.0. The Morgan fingerprint density at radius 2 is 1.12 bits per heavy atom. The van der Waals surface area contributed by atoms with Crippen LogP contribution in [0.25, 0.3) is 0 Å². The number of fused-ring (bicyclic) bond motifs is 1. The van der Waals surface area contributed by atoms with Crippen LogP contribution in [0.5, 0.6) is 0 Å². The molecule has 0 spiro atoms. The fourth-order valence-corrected chi connectivity index (χ4v) is 3.99. The van der Waals surface area contributed by atoms with Gasteiger partial charge in [0.15, 0.2) is 6.10 Å². The molecule has 0 fully saturated rings. The molecular weight excluding hydrogens is 296 g/mol. The molecule has 3 aromatic carbocycles. The van der Waals surface area contributed by atoms with Crippen molar-refractivity contribution in [1.82, 2.24) is 0 Å². The second kappa shape index (κ2) is 6.23. The number of aliphatic hydroxyl groups excluding tert-OH is 1. The van der Waals surface area contributed by atoms with Crippen LogP contribution >= 0.6 is 0 Å². The van der Waals surface area contributed by atoms with E-state index in [1.165, 1.54) is 0 Å². The van der Waals surface area contributed by atoms with Crippen molar-refractivity contribution in [2.24, 2.45) is 5.92 Å². The van der Waals surface area contributed by atoms with E-state index in [-0.39, 0.29) is 11.8 Å². The summed E-state index contributed by atoms with van der Waals surface area (Å²) in [4.78, 5) is 0. The van der Waals surface area contributed by atoms with Gasteiger partial charge in [0.05, 0.1) is 12.0 Å². The van der Waals surface area contributed by atoms with E-state index in [4.69, 9.17) is 5.11 Å². The fourth-order valence-electron chi connectivity index (χ4n) is 3.99. The first kappa shape index (κ1) is 15.1. The molecule has 24 heavy (non-hydrogen) atoms. The van der Waals surface area contributed by atoms with Crippen molar-refractivity contribution < 1.29 is 10.2 Å². The number of hydrogen-bond acceptors (Lipinski definition) is 1. The lowest BCUT2D eigenvalue weighted by Gasteiger charge is -2.28. The Morgan fingerprint density at radius 1 is 0.667 bits per heavy atom. The largest absolute Gasteiger partial charge is 0.439 e. The van der Waals surface area contributed by atoms with Crippen LogP contribution in [0.3, 0.4) is 0 Å². The average molecular weight is 317 g/mol. The van der Waals surface area contributed by atoms with Gasteiger partial charge in [-0.1, -0.05) is 84.9 Å². The molecule has 0 bridgehead atoms. The molecule has 2 heteroatoms. The van der Waals surface area contributed by atoms with Gasteiger partial charge in [-0.2, -0.15) is 0 Å². The van der Waals surface area contributed by atoms with E-state index in [9.17, 15) is 5.11 Å². The summed E-state index contributed by atoms with van der Waals surface area (Å²) < 4.78 is 0. The smallest absolute Gasteiger partial charge is 0.186 e. The highest BCUT2D eigenvalue weighted by atomic mass is 16.3. The van der Waals surface area contributed by atoms with E-state index in [1.807, 2.05) is 60.7 Å².